The number of nitrogens with zero attached hydrogens (tertiary/aromatic N) is 9. The molecule has 129 heavy (non-hydrogen) atoms. The molecule has 602 valence electrons. The summed E-state index contributed by atoms with van der Waals surface area (Å²) < 4.78 is 11.7. The number of hydrogen-bond acceptors (Lipinski definition) is 4. The Balaban J connectivity index is 0.000000141. The number of fused-ring (bicyclic) bond motifs is 15. The lowest BCUT2D eigenvalue weighted by Crippen LogP contribution is -2.00. The van der Waals surface area contributed by atoms with Crippen molar-refractivity contribution in [1.29, 1.82) is 0 Å². The van der Waals surface area contributed by atoms with Gasteiger partial charge in [0.25, 0.3) is 0 Å². The fourth-order valence-electron chi connectivity index (χ4n) is 19.8. The zero-order valence-electron chi connectivity index (χ0n) is 70.0. The number of rotatable bonds is 13. The van der Waals surface area contributed by atoms with E-state index in [0.717, 1.165) is 168 Å². The first-order valence-corrected chi connectivity index (χ1v) is 43.9. The number of hydrogen-bond donors (Lipinski definition) is 0. The first kappa shape index (κ1) is 74.2. The summed E-state index contributed by atoms with van der Waals surface area (Å²) in [5.74, 6) is 1.78. The van der Waals surface area contributed by atoms with Crippen LogP contribution in [-0.2, 0) is 0 Å². The van der Waals surface area contributed by atoms with E-state index < -0.39 is 0 Å². The van der Waals surface area contributed by atoms with Gasteiger partial charge in [-0.05, 0) is 214 Å². The van der Waals surface area contributed by atoms with E-state index in [0.29, 0.717) is 0 Å². The molecule has 0 aliphatic carbocycles. The van der Waals surface area contributed by atoms with E-state index in [1.807, 2.05) is 6.07 Å². The van der Waals surface area contributed by atoms with Crippen molar-refractivity contribution in [1.82, 2.24) is 42.8 Å². The molecule has 0 radical (unpaired) electrons. The monoisotopic (exact) mass is 1640 g/mol. The molecule has 18 aromatic carbocycles. The van der Waals surface area contributed by atoms with Gasteiger partial charge < -0.3 is 13.7 Å². The quantitative estimate of drug-likeness (QED) is 0.115. The molecule has 26 rings (SSSR count). The number of aromatic nitrogens is 9. The maximum absolute atomic E-state index is 5.46. The van der Waals surface area contributed by atoms with Crippen molar-refractivity contribution in [2.24, 2.45) is 0 Å². The summed E-state index contributed by atoms with van der Waals surface area (Å²) in [5.41, 5.74) is 33.7. The topological polar surface area (TPSA) is 76.2 Å². The minimum atomic E-state index is 0.875. The van der Waals surface area contributed by atoms with E-state index in [9.17, 15) is 0 Å². The van der Waals surface area contributed by atoms with Crippen LogP contribution in [0.25, 0.3) is 238 Å². The van der Waals surface area contributed by atoms with Crippen LogP contribution in [0.2, 0.25) is 0 Å². The number of pyridine rings is 3. The van der Waals surface area contributed by atoms with Crippen LogP contribution in [0.3, 0.4) is 0 Å². The molecule has 9 nitrogen and oxygen atoms in total. The predicted molar refractivity (Wildman–Crippen MR) is 537 cm³/mol. The Morgan fingerprint density at radius 1 is 0.140 bits per heavy atom. The molecule has 9 heteroatoms. The third-order valence-electron chi connectivity index (χ3n) is 25.7. The van der Waals surface area contributed by atoms with E-state index in [-0.39, 0.29) is 0 Å². The van der Waals surface area contributed by atoms with Crippen LogP contribution in [-0.4, -0.2) is 42.8 Å². The lowest BCUT2D eigenvalue weighted by atomic mass is 9.94. The van der Waals surface area contributed by atoms with Crippen molar-refractivity contribution in [2.75, 3.05) is 0 Å². The standard InChI is InChI=1S/C64H41N5.C56H36N4/c1-4-16-47(17-5-1)67-59-25-13-10-22-50(59)54-39-45(33-36-61(54)67)44-32-35-56-53(38-44)52(42-28-30-43(31-29-42)64-66-57-24-12-15-27-63(57)69(64)49-20-8-3-9-21-49)41-58(65-56)46-34-37-62-55(40-46)51-23-11-14-26-60(51)68(62)48-18-6-2-7-19-48;1-3-16-37(17-4-1)41-33-50(38-18-5-2-6-19-38)57-51(34-41)40-21-15-20-39(32-40)47-36-56(60-54-28-13-9-24-45(54)46-25-10-14-29-55(46)60)58-49-31-30-42(35-48(47)49)59-52-26-11-7-22-43(52)44-23-8-12-27-53(44)59/h1-41H;1-36H. The summed E-state index contributed by atoms with van der Waals surface area (Å²) in [7, 11) is 0. The molecule has 0 bridgehead atoms. The highest BCUT2D eigenvalue weighted by Crippen LogP contribution is 2.45. The van der Waals surface area contributed by atoms with Crippen LogP contribution in [0.15, 0.2) is 467 Å². The highest BCUT2D eigenvalue weighted by Gasteiger charge is 2.24. The first-order chi connectivity index (χ1) is 64.0. The fourth-order valence-corrected chi connectivity index (χ4v) is 19.8. The fraction of sp³-hybridized carbons (Fsp3) is 0. The lowest BCUT2D eigenvalue weighted by molar-refractivity contribution is 1.10. The largest absolute Gasteiger partial charge is 0.309 e. The van der Waals surface area contributed by atoms with Crippen molar-refractivity contribution in [3.05, 3.63) is 467 Å². The second-order valence-electron chi connectivity index (χ2n) is 33.2. The van der Waals surface area contributed by atoms with Gasteiger partial charge in [0.1, 0.15) is 11.6 Å². The van der Waals surface area contributed by atoms with Crippen molar-refractivity contribution >= 4 is 120 Å². The first-order valence-electron chi connectivity index (χ1n) is 43.9. The van der Waals surface area contributed by atoms with Gasteiger partial charge in [-0.15, -0.1) is 0 Å². The van der Waals surface area contributed by atoms with Crippen LogP contribution in [0, 0.1) is 0 Å². The molecule has 0 aliphatic rings. The molecule has 0 spiro atoms. The molecule has 0 fully saturated rings. The molecule has 0 aliphatic heterocycles. The van der Waals surface area contributed by atoms with Crippen LogP contribution < -0.4 is 0 Å². The maximum Gasteiger partial charge on any atom is 0.145 e. The molecule has 0 saturated heterocycles. The van der Waals surface area contributed by atoms with E-state index in [1.165, 1.54) is 70.7 Å². The Morgan fingerprint density at radius 3 is 1.05 bits per heavy atom. The van der Waals surface area contributed by atoms with Gasteiger partial charge in [0.15, 0.2) is 0 Å². The van der Waals surface area contributed by atoms with Gasteiger partial charge >= 0.3 is 0 Å². The molecule has 26 aromatic rings. The summed E-state index contributed by atoms with van der Waals surface area (Å²) in [6, 6.07) is 167. The van der Waals surface area contributed by atoms with Crippen LogP contribution in [0.4, 0.5) is 0 Å². The van der Waals surface area contributed by atoms with Gasteiger partial charge in [-0.2, -0.15) is 0 Å². The smallest absolute Gasteiger partial charge is 0.145 e. The summed E-state index contributed by atoms with van der Waals surface area (Å²) in [4.78, 5) is 21.4. The van der Waals surface area contributed by atoms with Crippen molar-refractivity contribution in [3.63, 3.8) is 0 Å². The molecule has 0 saturated carbocycles. The lowest BCUT2D eigenvalue weighted by Gasteiger charge is -2.16. The minimum absolute atomic E-state index is 0.875. The SMILES string of the molecule is c1ccc(-c2cc(-c3ccccc3)nc(-c3cccc(-c4cc(-n5c6ccccc6c6ccccc65)nc5ccc(-n6c7ccccc7c7ccccc76)cc45)c3)c2)cc1.c1ccc(-n2c(-c3ccc(-c4cc(-c5ccc6c(c5)c5ccccc5n6-c5ccccc5)nc5ccc(-c6ccc7c(c6)c6ccccc6n7-c6ccccc6)cc45)cc3)nc3ccccc32)cc1. The summed E-state index contributed by atoms with van der Waals surface area (Å²) in [6.45, 7) is 0. The van der Waals surface area contributed by atoms with Crippen LogP contribution >= 0.6 is 0 Å². The average Bonchev–Trinajstić information content (AvgIpc) is 1.63. The normalized spacial score (nSPS) is 11.7. The minimum Gasteiger partial charge on any atom is -0.309 e. The molecule has 0 amide bonds. The molecular weight excluding hydrogens is 1570 g/mol. The third-order valence-corrected chi connectivity index (χ3v) is 25.7. The van der Waals surface area contributed by atoms with Gasteiger partial charge in [0, 0.05) is 98.9 Å². The molecular formula is C120H77N9. The Morgan fingerprint density at radius 2 is 0.496 bits per heavy atom. The van der Waals surface area contributed by atoms with Crippen molar-refractivity contribution in [2.45, 2.75) is 0 Å². The van der Waals surface area contributed by atoms with Gasteiger partial charge in [0.2, 0.25) is 0 Å². The summed E-state index contributed by atoms with van der Waals surface area (Å²) in [5, 5.41) is 11.9. The molecule has 8 aromatic heterocycles. The second-order valence-corrected chi connectivity index (χ2v) is 33.2. The highest BCUT2D eigenvalue weighted by molar-refractivity contribution is 6.15. The number of benzene rings is 18. The summed E-state index contributed by atoms with van der Waals surface area (Å²) >= 11 is 0. The Labute approximate surface area is 743 Å². The molecule has 0 atom stereocenters. The van der Waals surface area contributed by atoms with Gasteiger partial charge in [-0.25, -0.2) is 19.9 Å². The summed E-state index contributed by atoms with van der Waals surface area (Å²) in [6.07, 6.45) is 0. The number of para-hydroxylation sites is 11. The van der Waals surface area contributed by atoms with Gasteiger partial charge in [0.05, 0.1) is 83.3 Å². The Kier molecular flexibility index (Phi) is 17.7. The molecule has 8 heterocycles. The Hall–Kier alpha value is -17.4. The predicted octanol–water partition coefficient (Wildman–Crippen LogP) is 30.9. The molecule has 0 unspecified atom stereocenters. The van der Waals surface area contributed by atoms with E-state index in [1.54, 1.807) is 0 Å². The molecule has 0 N–H and O–H groups in total. The van der Waals surface area contributed by atoms with Crippen LogP contribution in [0.1, 0.15) is 0 Å². The van der Waals surface area contributed by atoms with Crippen molar-refractivity contribution in [3.8, 4) is 118 Å². The van der Waals surface area contributed by atoms with Gasteiger partial charge in [-0.3, -0.25) is 9.13 Å². The zero-order chi connectivity index (χ0) is 85.0. The van der Waals surface area contributed by atoms with E-state index in [2.05, 4.69) is 484 Å². The number of imidazole rings is 1. The van der Waals surface area contributed by atoms with Gasteiger partial charge in [-0.1, -0.05) is 297 Å². The third kappa shape index (κ3) is 12.8. The van der Waals surface area contributed by atoms with E-state index in [4.69, 9.17) is 19.9 Å². The average molecular weight is 1640 g/mol. The second kappa shape index (κ2) is 30.8. The Bertz CT molecular complexity index is 8750. The maximum atomic E-state index is 5.46. The van der Waals surface area contributed by atoms with E-state index >= 15 is 0 Å². The highest BCUT2D eigenvalue weighted by atomic mass is 15.1. The van der Waals surface area contributed by atoms with Crippen molar-refractivity contribution < 1.29 is 0 Å². The zero-order valence-corrected chi connectivity index (χ0v) is 70.0. The van der Waals surface area contributed by atoms with Crippen LogP contribution in [0.5, 0.6) is 0 Å².